The van der Waals surface area contributed by atoms with Gasteiger partial charge in [0.2, 0.25) is 0 Å². The maximum atomic E-state index is 13.3. The number of halogens is 4. The number of ether oxygens (including phenoxy) is 1. The van der Waals surface area contributed by atoms with E-state index in [2.05, 4.69) is 6.08 Å². The Kier molecular flexibility index (Phi) is 16.4. The topological polar surface area (TPSA) is 32.3 Å². The second kappa shape index (κ2) is 20.9. The largest absolute Gasteiger partial charge is 0.869 e. The minimum absolute atomic E-state index is 0. The first-order valence-corrected chi connectivity index (χ1v) is 17.1. The van der Waals surface area contributed by atoms with Crippen molar-refractivity contribution in [1.82, 2.24) is 0 Å². The molecule has 5 aromatic rings. The minimum Gasteiger partial charge on any atom is -0.869 e. The van der Waals surface area contributed by atoms with Gasteiger partial charge in [0, 0.05) is 55.8 Å². The number of hydrogen-bond acceptors (Lipinski definition) is 2. The molecule has 0 unspecified atom stereocenters. The maximum Gasteiger partial charge on any atom is 0.143 e. The van der Waals surface area contributed by atoms with E-state index in [1.54, 1.807) is 0 Å². The van der Waals surface area contributed by atoms with Crippen LogP contribution in [0, 0.1) is 18.9 Å². The van der Waals surface area contributed by atoms with Crippen molar-refractivity contribution in [3.63, 3.8) is 0 Å². The smallest absolute Gasteiger partial charge is 0.143 e. The molecule has 0 N–H and O–H groups in total. The van der Waals surface area contributed by atoms with E-state index in [4.69, 9.17) is 51.1 Å². The summed E-state index contributed by atoms with van der Waals surface area (Å²) in [5.74, 6) is -0.526. The summed E-state index contributed by atoms with van der Waals surface area (Å²) in [6, 6.07) is 38.9. The van der Waals surface area contributed by atoms with E-state index in [1.807, 2.05) is 183 Å². The maximum absolute atomic E-state index is 13.3. The van der Waals surface area contributed by atoms with Crippen LogP contribution in [-0.2, 0) is 26.2 Å². The van der Waals surface area contributed by atoms with E-state index in [9.17, 15) is 5.11 Å². The monoisotopic (exact) mass is 820 g/mol. The van der Waals surface area contributed by atoms with Crippen LogP contribution in [0.25, 0.3) is 16.9 Å². The molecule has 251 valence electrons. The van der Waals surface area contributed by atoms with Gasteiger partial charge in [-0.15, -0.1) is 0 Å². The Morgan fingerprint density at radius 2 is 0.882 bits per heavy atom. The van der Waals surface area contributed by atoms with E-state index in [1.165, 1.54) is 0 Å². The minimum atomic E-state index is -0.667. The fraction of sp³-hybridized carbons (Fsp3) is 0. The van der Waals surface area contributed by atoms with Crippen LogP contribution in [0.4, 0.5) is 0 Å². The van der Waals surface area contributed by atoms with E-state index >= 15 is 0 Å². The summed E-state index contributed by atoms with van der Waals surface area (Å²) in [4.78, 5) is 0. The molecule has 7 rings (SSSR count). The average Bonchev–Trinajstić information content (AvgIpc) is 3.97. The van der Waals surface area contributed by atoms with E-state index < -0.39 is 5.75 Å². The van der Waals surface area contributed by atoms with Gasteiger partial charge in [-0.1, -0.05) is 216 Å². The van der Waals surface area contributed by atoms with E-state index in [0.717, 1.165) is 22.3 Å². The van der Waals surface area contributed by atoms with Gasteiger partial charge in [0.05, 0.1) is 15.1 Å². The predicted molar refractivity (Wildman–Crippen MR) is 210 cm³/mol. The van der Waals surface area contributed by atoms with Crippen LogP contribution in [0.15, 0.2) is 170 Å². The molecule has 0 heterocycles. The molecule has 0 amide bonds. The molecule has 0 aromatic heterocycles. The molecule has 0 fully saturated rings. The summed E-state index contributed by atoms with van der Waals surface area (Å²) < 4.78 is 6.48. The van der Waals surface area contributed by atoms with Crippen molar-refractivity contribution < 1.29 is 36.0 Å². The molecule has 7 heteroatoms. The van der Waals surface area contributed by atoms with Crippen molar-refractivity contribution in [2.75, 3.05) is 0 Å². The number of allylic oxidation sites excluding steroid dienone is 10. The summed E-state index contributed by atoms with van der Waals surface area (Å²) in [5, 5.41) is 12.7. The van der Waals surface area contributed by atoms with Crippen molar-refractivity contribution in [2.45, 2.75) is 0 Å². The van der Waals surface area contributed by atoms with Crippen LogP contribution in [0.2, 0.25) is 20.1 Å². The molecule has 5 aromatic carbocycles. The van der Waals surface area contributed by atoms with Crippen molar-refractivity contribution in [1.29, 1.82) is 0 Å². The van der Waals surface area contributed by atoms with Gasteiger partial charge in [0.15, 0.2) is 0 Å². The molecule has 2 aliphatic carbocycles. The van der Waals surface area contributed by atoms with Crippen molar-refractivity contribution >= 4 is 63.3 Å². The second-order valence-corrected chi connectivity index (χ2v) is 12.1. The first-order valence-electron chi connectivity index (χ1n) is 15.6. The van der Waals surface area contributed by atoms with E-state index in [0.29, 0.717) is 16.9 Å². The van der Waals surface area contributed by atoms with Gasteiger partial charge in [-0.3, -0.25) is 0 Å². The van der Waals surface area contributed by atoms with Crippen LogP contribution < -0.4 is 9.84 Å². The molecule has 2 aliphatic rings. The van der Waals surface area contributed by atoms with Crippen LogP contribution in [0.5, 0.6) is 11.5 Å². The molecule has 0 saturated heterocycles. The zero-order valence-electron chi connectivity index (χ0n) is 27.1. The quantitative estimate of drug-likeness (QED) is 0.0538. The fourth-order valence-electron chi connectivity index (χ4n) is 4.81. The number of hydrogen-bond donors (Lipinski definition) is 0. The summed E-state index contributed by atoms with van der Waals surface area (Å²) in [6.45, 7) is 0. The standard InChI is InChI=1S/C34H21Cl4O2.2C5H5.Zr/c35-28-29(36)31(38)34(32(39)30(28)37)40-33(25-19-11-4-12-20-25)27(24-17-9-3-10-18-24)26(23-15-7-2-8-16-23)21-22-13-5-1-6-14-22;2*1-2-4-5-3-1;/h1-20,39H;2*1-5H;/p-1/b26-21?,33-27-;;;. The van der Waals surface area contributed by atoms with Crippen LogP contribution in [0.1, 0.15) is 22.3 Å². The predicted octanol–water partition coefficient (Wildman–Crippen LogP) is 12.9. The van der Waals surface area contributed by atoms with Crippen LogP contribution in [0.3, 0.4) is 0 Å². The van der Waals surface area contributed by atoms with Crippen molar-refractivity contribution in [3.05, 3.63) is 231 Å². The summed E-state index contributed by atoms with van der Waals surface area (Å²) >= 11 is 25.3. The molecule has 0 spiro atoms. The fourth-order valence-corrected chi connectivity index (χ4v) is 5.67. The molecule has 0 atom stereocenters. The average molecular weight is 824 g/mol. The van der Waals surface area contributed by atoms with Crippen molar-refractivity contribution in [2.24, 2.45) is 0 Å². The Balaban J connectivity index is 0.000000455. The Hall–Kier alpha value is -3.82. The summed E-state index contributed by atoms with van der Waals surface area (Å²) in [7, 11) is 0. The molecule has 2 nitrogen and oxygen atoms in total. The van der Waals surface area contributed by atoms with Gasteiger partial charge in [0.1, 0.15) is 16.5 Å². The second-order valence-electron chi connectivity index (χ2n) is 10.6. The summed E-state index contributed by atoms with van der Waals surface area (Å²) in [5.41, 5.74) is 4.71. The van der Waals surface area contributed by atoms with Gasteiger partial charge in [0.25, 0.3) is 0 Å². The number of rotatable bonds is 7. The van der Waals surface area contributed by atoms with Crippen molar-refractivity contribution in [3.8, 4) is 11.5 Å². The first kappa shape index (κ1) is 40.0. The van der Waals surface area contributed by atoms with Crippen LogP contribution in [-0.4, -0.2) is 0 Å². The molecule has 51 heavy (non-hydrogen) atoms. The number of benzene rings is 5. The molecular formula is C44H30Cl4O2Zr-. The Morgan fingerprint density at radius 3 is 1.33 bits per heavy atom. The summed E-state index contributed by atoms with van der Waals surface area (Å²) in [6.07, 6.45) is 23.6. The third-order valence-electron chi connectivity index (χ3n) is 7.18. The van der Waals surface area contributed by atoms with Gasteiger partial charge in [-0.2, -0.15) is 0 Å². The van der Waals surface area contributed by atoms with Crippen LogP contribution >= 0.6 is 46.4 Å². The molecule has 3 radical (unpaired) electrons. The molecule has 0 saturated carbocycles. The SMILES string of the molecule is [CH]1C=CC=C1.[CH]1C=CC=C1.[O-]c1c(Cl)c(Cl)c(Cl)c(Cl)c1O/C(=C(\C(=[C]c1ccccc1)c1ccccc1)c1ccccc1)c1ccccc1.[Zr]. The third-order valence-corrected chi connectivity index (χ3v) is 8.95. The molecule has 0 aliphatic heterocycles. The molecule has 0 bridgehead atoms. The Labute approximate surface area is 339 Å². The van der Waals surface area contributed by atoms with Gasteiger partial charge in [-0.05, 0) is 28.5 Å². The Bertz CT molecular complexity index is 1980. The van der Waals surface area contributed by atoms with Gasteiger partial charge < -0.3 is 9.84 Å². The first-order chi connectivity index (χ1) is 24.5. The Morgan fingerprint density at radius 1 is 0.471 bits per heavy atom. The van der Waals surface area contributed by atoms with E-state index in [-0.39, 0.29) is 52.0 Å². The van der Waals surface area contributed by atoms with Gasteiger partial charge >= 0.3 is 0 Å². The zero-order chi connectivity index (χ0) is 35.1. The third kappa shape index (κ3) is 11.1. The molecular weight excluding hydrogens is 794 g/mol. The zero-order valence-corrected chi connectivity index (χ0v) is 32.6. The van der Waals surface area contributed by atoms with Gasteiger partial charge in [-0.25, -0.2) is 0 Å². The normalized spacial score (nSPS) is 13.0.